The molecule has 0 aliphatic carbocycles. The maximum atomic E-state index is 11.5. The van der Waals surface area contributed by atoms with Crippen molar-refractivity contribution in [3.63, 3.8) is 0 Å². The van der Waals surface area contributed by atoms with Gasteiger partial charge in [0.1, 0.15) is 5.75 Å². The van der Waals surface area contributed by atoms with Crippen LogP contribution in [0.2, 0.25) is 0 Å². The average Bonchev–Trinajstić information content (AvgIpc) is 2.49. The van der Waals surface area contributed by atoms with Gasteiger partial charge in [-0.15, -0.1) is 11.6 Å². The van der Waals surface area contributed by atoms with Gasteiger partial charge in [-0.1, -0.05) is 18.2 Å². The van der Waals surface area contributed by atoms with Crippen molar-refractivity contribution in [2.75, 3.05) is 6.54 Å². The van der Waals surface area contributed by atoms with Crippen molar-refractivity contribution in [2.45, 2.75) is 18.3 Å². The number of phenols is 1. The number of carbonyl (C=O) groups excluding carboxylic acids is 1. The van der Waals surface area contributed by atoms with Crippen LogP contribution in [0.25, 0.3) is 0 Å². The van der Waals surface area contributed by atoms with E-state index in [-0.39, 0.29) is 17.0 Å². The lowest BCUT2D eigenvalue weighted by molar-refractivity contribution is -0.128. The van der Waals surface area contributed by atoms with E-state index >= 15 is 0 Å². The van der Waals surface area contributed by atoms with Crippen molar-refractivity contribution in [3.05, 3.63) is 29.8 Å². The second-order valence-corrected chi connectivity index (χ2v) is 4.32. The van der Waals surface area contributed by atoms with Crippen molar-refractivity contribution >= 4 is 17.5 Å². The van der Waals surface area contributed by atoms with Crippen molar-refractivity contribution in [1.29, 1.82) is 0 Å². The predicted octanol–water partition coefficient (Wildman–Crippen LogP) is 1.73. The second kappa shape index (κ2) is 4.11. The molecule has 0 saturated carbocycles. The van der Waals surface area contributed by atoms with Gasteiger partial charge in [-0.3, -0.25) is 4.79 Å². The Kier molecular flexibility index (Phi) is 2.82. The summed E-state index contributed by atoms with van der Waals surface area (Å²) in [5, 5.41) is 9.46. The van der Waals surface area contributed by atoms with E-state index in [9.17, 15) is 9.90 Å². The van der Waals surface area contributed by atoms with Crippen LogP contribution in [-0.4, -0.2) is 27.8 Å². The van der Waals surface area contributed by atoms with Gasteiger partial charge in [-0.05, 0) is 6.07 Å². The fourth-order valence-electron chi connectivity index (χ4n) is 1.73. The maximum absolute atomic E-state index is 11.5. The number of nitrogens with zero attached hydrogens (tertiary/aromatic N) is 1. The summed E-state index contributed by atoms with van der Waals surface area (Å²) in [5.74, 6) is 0.279. The van der Waals surface area contributed by atoms with Gasteiger partial charge in [0.05, 0.1) is 5.38 Å². The normalized spacial score (nSPS) is 21.0. The van der Waals surface area contributed by atoms with Crippen LogP contribution in [0.1, 0.15) is 12.0 Å². The van der Waals surface area contributed by atoms with Gasteiger partial charge in [0.2, 0.25) is 5.91 Å². The van der Waals surface area contributed by atoms with Gasteiger partial charge in [0, 0.05) is 25.1 Å². The summed E-state index contributed by atoms with van der Waals surface area (Å²) < 4.78 is 0. The Balaban J connectivity index is 2.09. The molecule has 1 aromatic rings. The zero-order chi connectivity index (χ0) is 10.8. The number of phenolic OH excluding ortho intramolecular Hbond substituents is 1. The predicted molar refractivity (Wildman–Crippen MR) is 57.8 cm³/mol. The largest absolute Gasteiger partial charge is 0.508 e. The number of para-hydroxylation sites is 1. The minimum absolute atomic E-state index is 0.0539. The molecule has 1 fully saturated rings. The van der Waals surface area contributed by atoms with E-state index in [1.165, 1.54) is 0 Å². The summed E-state index contributed by atoms with van der Waals surface area (Å²) >= 11 is 5.88. The molecule has 1 N–H and O–H groups in total. The molecular formula is C11H12ClNO2. The van der Waals surface area contributed by atoms with E-state index < -0.39 is 0 Å². The molecular weight excluding hydrogens is 214 g/mol. The number of rotatable bonds is 2. The summed E-state index contributed by atoms with van der Waals surface area (Å²) in [6.07, 6.45) is 0.398. The summed E-state index contributed by atoms with van der Waals surface area (Å²) in [6, 6.07) is 7.03. The minimum Gasteiger partial charge on any atom is -0.508 e. The van der Waals surface area contributed by atoms with Crippen LogP contribution in [0.4, 0.5) is 0 Å². The number of benzene rings is 1. The molecule has 1 unspecified atom stereocenters. The zero-order valence-corrected chi connectivity index (χ0v) is 8.94. The van der Waals surface area contributed by atoms with E-state index in [1.54, 1.807) is 17.0 Å². The fraction of sp³-hybridized carbons (Fsp3) is 0.364. The topological polar surface area (TPSA) is 40.5 Å². The quantitative estimate of drug-likeness (QED) is 0.779. The van der Waals surface area contributed by atoms with E-state index in [0.717, 1.165) is 5.56 Å². The molecule has 0 aromatic heterocycles. The first-order valence-corrected chi connectivity index (χ1v) is 5.29. The lowest BCUT2D eigenvalue weighted by Gasteiger charge is -2.16. The van der Waals surface area contributed by atoms with E-state index in [1.807, 2.05) is 12.1 Å². The molecule has 3 nitrogen and oxygen atoms in total. The monoisotopic (exact) mass is 225 g/mol. The van der Waals surface area contributed by atoms with Gasteiger partial charge in [-0.25, -0.2) is 0 Å². The Morgan fingerprint density at radius 2 is 2.20 bits per heavy atom. The molecule has 0 radical (unpaired) electrons. The highest BCUT2D eigenvalue weighted by molar-refractivity contribution is 6.22. The van der Waals surface area contributed by atoms with Crippen LogP contribution in [0.5, 0.6) is 5.75 Å². The van der Waals surface area contributed by atoms with E-state index in [2.05, 4.69) is 0 Å². The molecule has 80 valence electrons. The van der Waals surface area contributed by atoms with Gasteiger partial charge >= 0.3 is 0 Å². The van der Waals surface area contributed by atoms with Gasteiger partial charge in [0.15, 0.2) is 0 Å². The standard InChI is InChI=1S/C11H12ClNO2/c12-9-5-11(15)13(7-9)6-8-3-1-2-4-10(8)14/h1-4,9,14H,5-7H2. The first-order chi connectivity index (χ1) is 7.16. The van der Waals surface area contributed by atoms with Gasteiger partial charge in [-0.2, -0.15) is 0 Å². The Hall–Kier alpha value is -1.22. The summed E-state index contributed by atoms with van der Waals surface area (Å²) in [4.78, 5) is 13.1. The molecule has 1 aliphatic rings. The third kappa shape index (κ3) is 2.23. The van der Waals surface area contributed by atoms with Crippen molar-refractivity contribution in [2.24, 2.45) is 0 Å². The molecule has 1 atom stereocenters. The Labute approximate surface area is 93.3 Å². The van der Waals surface area contributed by atoms with Crippen molar-refractivity contribution in [1.82, 2.24) is 4.90 Å². The number of amides is 1. The van der Waals surface area contributed by atoms with Crippen LogP contribution >= 0.6 is 11.6 Å². The number of hydrogen-bond donors (Lipinski definition) is 1. The van der Waals surface area contributed by atoms with Crippen LogP contribution in [0.15, 0.2) is 24.3 Å². The van der Waals surface area contributed by atoms with Crippen molar-refractivity contribution < 1.29 is 9.90 Å². The Morgan fingerprint density at radius 3 is 2.80 bits per heavy atom. The molecule has 1 heterocycles. The van der Waals surface area contributed by atoms with Crippen LogP contribution < -0.4 is 0 Å². The number of alkyl halides is 1. The van der Waals surface area contributed by atoms with Gasteiger partial charge in [0.25, 0.3) is 0 Å². The summed E-state index contributed by atoms with van der Waals surface area (Å²) in [7, 11) is 0. The smallest absolute Gasteiger partial charge is 0.224 e. The van der Waals surface area contributed by atoms with Gasteiger partial charge < -0.3 is 10.0 Å². The highest BCUT2D eigenvalue weighted by Crippen LogP contribution is 2.22. The lowest BCUT2D eigenvalue weighted by Crippen LogP contribution is -2.24. The number of halogens is 1. The van der Waals surface area contributed by atoms with E-state index in [0.29, 0.717) is 19.5 Å². The first-order valence-electron chi connectivity index (χ1n) is 4.85. The number of hydrogen-bond acceptors (Lipinski definition) is 2. The average molecular weight is 226 g/mol. The SMILES string of the molecule is O=C1CC(Cl)CN1Cc1ccccc1O. The molecule has 1 aromatic carbocycles. The first kappa shape index (κ1) is 10.3. The van der Waals surface area contributed by atoms with Crippen LogP contribution in [0, 0.1) is 0 Å². The highest BCUT2D eigenvalue weighted by Gasteiger charge is 2.28. The Morgan fingerprint density at radius 1 is 1.47 bits per heavy atom. The minimum atomic E-state index is -0.0941. The number of aromatic hydroxyl groups is 1. The molecule has 15 heavy (non-hydrogen) atoms. The summed E-state index contributed by atoms with van der Waals surface area (Å²) in [5.41, 5.74) is 0.761. The molecule has 0 bridgehead atoms. The molecule has 1 saturated heterocycles. The third-order valence-corrected chi connectivity index (χ3v) is 2.81. The molecule has 4 heteroatoms. The lowest BCUT2D eigenvalue weighted by atomic mass is 10.2. The molecule has 2 rings (SSSR count). The van der Waals surface area contributed by atoms with Crippen molar-refractivity contribution in [3.8, 4) is 5.75 Å². The molecule has 1 amide bonds. The summed E-state index contributed by atoms with van der Waals surface area (Å²) in [6.45, 7) is 1.00. The number of carbonyl (C=O) groups is 1. The third-order valence-electron chi connectivity index (χ3n) is 2.52. The van der Waals surface area contributed by atoms with Crippen LogP contribution in [-0.2, 0) is 11.3 Å². The zero-order valence-electron chi connectivity index (χ0n) is 8.19. The number of likely N-dealkylation sites (tertiary alicyclic amines) is 1. The Bertz CT molecular complexity index is 381. The molecule has 1 aliphatic heterocycles. The second-order valence-electron chi connectivity index (χ2n) is 3.70. The fourth-order valence-corrected chi connectivity index (χ4v) is 2.03. The van der Waals surface area contributed by atoms with Crippen LogP contribution in [0.3, 0.4) is 0 Å². The highest BCUT2D eigenvalue weighted by atomic mass is 35.5. The maximum Gasteiger partial charge on any atom is 0.224 e. The molecule has 0 spiro atoms. The van der Waals surface area contributed by atoms with E-state index in [4.69, 9.17) is 11.6 Å².